The molecule has 0 aliphatic carbocycles. The zero-order valence-electron chi connectivity index (χ0n) is 14.0. The first-order valence-electron chi connectivity index (χ1n) is 8.75. The molecule has 2 heterocycles. The molecule has 2 fully saturated rings. The first kappa shape index (κ1) is 16.6. The number of amides is 1. The Balaban J connectivity index is 1.49. The summed E-state index contributed by atoms with van der Waals surface area (Å²) in [5, 5.41) is 0.654. The maximum atomic E-state index is 13.0. The number of rotatable bonds is 3. The lowest BCUT2D eigenvalue weighted by Crippen LogP contribution is -2.41. The van der Waals surface area contributed by atoms with Crippen molar-refractivity contribution in [2.24, 2.45) is 5.73 Å². The number of nitrogens with two attached hydrogens (primary N) is 1. The van der Waals surface area contributed by atoms with Crippen LogP contribution >= 0.6 is 11.6 Å². The van der Waals surface area contributed by atoms with Crippen molar-refractivity contribution >= 4 is 23.2 Å². The highest BCUT2D eigenvalue weighted by molar-refractivity contribution is 6.31. The maximum Gasteiger partial charge on any atom is 0.244 e. The van der Waals surface area contributed by atoms with Crippen LogP contribution in [0.15, 0.2) is 54.6 Å². The second-order valence-corrected chi connectivity index (χ2v) is 7.35. The lowest BCUT2D eigenvalue weighted by atomic mass is 9.95. The van der Waals surface area contributed by atoms with E-state index in [1.54, 1.807) is 0 Å². The van der Waals surface area contributed by atoms with Gasteiger partial charge in [0.1, 0.15) is 0 Å². The molecule has 0 spiro atoms. The number of carbonyl (C=O) groups excluding carboxylic acids is 1. The molecule has 130 valence electrons. The summed E-state index contributed by atoms with van der Waals surface area (Å²) < 4.78 is 0. The van der Waals surface area contributed by atoms with E-state index < -0.39 is 0 Å². The van der Waals surface area contributed by atoms with Crippen LogP contribution in [0.2, 0.25) is 5.02 Å². The van der Waals surface area contributed by atoms with E-state index in [0.29, 0.717) is 5.02 Å². The molecule has 4 rings (SSSR count). The van der Waals surface area contributed by atoms with Crippen LogP contribution < -0.4 is 10.6 Å². The zero-order chi connectivity index (χ0) is 17.4. The van der Waals surface area contributed by atoms with Crippen LogP contribution in [-0.4, -0.2) is 42.5 Å². The van der Waals surface area contributed by atoms with E-state index in [1.807, 2.05) is 47.4 Å². The van der Waals surface area contributed by atoms with Crippen molar-refractivity contribution in [3.8, 4) is 0 Å². The summed E-state index contributed by atoms with van der Waals surface area (Å²) in [6.07, 6.45) is 0.833. The molecule has 0 bridgehead atoms. The average molecular weight is 356 g/mol. The summed E-state index contributed by atoms with van der Waals surface area (Å²) in [6.45, 7) is 2.33. The van der Waals surface area contributed by atoms with Gasteiger partial charge in [-0.25, -0.2) is 0 Å². The van der Waals surface area contributed by atoms with Gasteiger partial charge in [-0.15, -0.1) is 0 Å². The van der Waals surface area contributed by atoms with E-state index in [4.69, 9.17) is 17.3 Å². The Morgan fingerprint density at radius 3 is 2.60 bits per heavy atom. The maximum absolute atomic E-state index is 13.0. The van der Waals surface area contributed by atoms with Crippen LogP contribution in [0, 0.1) is 0 Å². The highest BCUT2D eigenvalue weighted by atomic mass is 35.5. The molecule has 2 N–H and O–H groups in total. The van der Waals surface area contributed by atoms with Crippen molar-refractivity contribution < 1.29 is 4.79 Å². The second kappa shape index (κ2) is 6.79. The van der Waals surface area contributed by atoms with Crippen LogP contribution in [0.3, 0.4) is 0 Å². The molecular weight excluding hydrogens is 334 g/mol. The van der Waals surface area contributed by atoms with Crippen LogP contribution in [0.4, 0.5) is 5.69 Å². The Hall–Kier alpha value is -1.88. The Morgan fingerprint density at radius 2 is 1.84 bits per heavy atom. The molecule has 0 saturated carbocycles. The third-order valence-electron chi connectivity index (χ3n) is 5.36. The van der Waals surface area contributed by atoms with Gasteiger partial charge in [-0.05, 0) is 30.2 Å². The fourth-order valence-corrected chi connectivity index (χ4v) is 4.26. The number of likely N-dealkylation sites (tertiary alicyclic amines) is 1. The molecule has 1 amide bonds. The third kappa shape index (κ3) is 3.17. The first-order valence-corrected chi connectivity index (χ1v) is 9.13. The number of benzene rings is 2. The van der Waals surface area contributed by atoms with E-state index in [0.717, 1.165) is 31.7 Å². The number of halogens is 1. The van der Waals surface area contributed by atoms with Crippen molar-refractivity contribution in [3.63, 3.8) is 0 Å². The first-order chi connectivity index (χ1) is 12.1. The predicted molar refractivity (Wildman–Crippen MR) is 101 cm³/mol. The van der Waals surface area contributed by atoms with Crippen molar-refractivity contribution in [1.29, 1.82) is 0 Å². The Bertz CT molecular complexity index is 767. The quantitative estimate of drug-likeness (QED) is 0.921. The number of hydrogen-bond acceptors (Lipinski definition) is 3. The summed E-state index contributed by atoms with van der Waals surface area (Å²) in [5.41, 5.74) is 8.53. The van der Waals surface area contributed by atoms with Gasteiger partial charge in [-0.2, -0.15) is 0 Å². The van der Waals surface area contributed by atoms with E-state index >= 15 is 0 Å². The topological polar surface area (TPSA) is 49.6 Å². The zero-order valence-corrected chi connectivity index (χ0v) is 14.8. The van der Waals surface area contributed by atoms with E-state index in [-0.39, 0.29) is 23.9 Å². The molecule has 4 nitrogen and oxygen atoms in total. The fourth-order valence-electron chi connectivity index (χ4n) is 4.07. The highest BCUT2D eigenvalue weighted by Crippen LogP contribution is 2.32. The van der Waals surface area contributed by atoms with Gasteiger partial charge in [0.2, 0.25) is 5.91 Å². The highest BCUT2D eigenvalue weighted by Gasteiger charge is 2.42. The monoisotopic (exact) mass is 355 g/mol. The van der Waals surface area contributed by atoms with Crippen LogP contribution in [-0.2, 0) is 4.79 Å². The summed E-state index contributed by atoms with van der Waals surface area (Å²) in [5.74, 6) is 0.442. The van der Waals surface area contributed by atoms with Crippen molar-refractivity contribution in [3.05, 3.63) is 65.2 Å². The third-order valence-corrected chi connectivity index (χ3v) is 5.59. The second-order valence-electron chi connectivity index (χ2n) is 6.91. The predicted octanol–water partition coefficient (Wildman–Crippen LogP) is 2.87. The molecule has 2 aromatic rings. The van der Waals surface area contributed by atoms with Gasteiger partial charge in [0.05, 0.1) is 6.04 Å². The van der Waals surface area contributed by atoms with Crippen molar-refractivity contribution in [1.82, 2.24) is 4.90 Å². The molecule has 3 atom stereocenters. The Labute approximate surface area is 153 Å². The minimum Gasteiger partial charge on any atom is -0.326 e. The fraction of sp³-hybridized carbons (Fsp3) is 0.350. The van der Waals surface area contributed by atoms with Crippen molar-refractivity contribution in [2.45, 2.75) is 24.4 Å². The molecule has 2 aromatic carbocycles. The van der Waals surface area contributed by atoms with Gasteiger partial charge in [-0.3, -0.25) is 9.69 Å². The molecule has 1 unspecified atom stereocenters. The molecular formula is C20H22ClN3O. The van der Waals surface area contributed by atoms with E-state index in [2.05, 4.69) is 17.0 Å². The van der Waals surface area contributed by atoms with Gasteiger partial charge in [-0.1, -0.05) is 48.0 Å². The average Bonchev–Trinajstić information content (AvgIpc) is 3.18. The number of carbonyl (C=O) groups is 1. The van der Waals surface area contributed by atoms with Gasteiger partial charge < -0.3 is 10.6 Å². The lowest BCUT2D eigenvalue weighted by Gasteiger charge is -2.23. The molecule has 2 aliphatic heterocycles. The smallest absolute Gasteiger partial charge is 0.244 e. The van der Waals surface area contributed by atoms with E-state index in [1.165, 1.54) is 5.56 Å². The van der Waals surface area contributed by atoms with Crippen molar-refractivity contribution in [2.75, 3.05) is 24.5 Å². The van der Waals surface area contributed by atoms with Gasteiger partial charge in [0, 0.05) is 42.3 Å². The number of anilines is 1. The van der Waals surface area contributed by atoms with Gasteiger partial charge in [0.15, 0.2) is 0 Å². The summed E-state index contributed by atoms with van der Waals surface area (Å²) in [6, 6.07) is 17.9. The minimum atomic E-state index is -0.0845. The summed E-state index contributed by atoms with van der Waals surface area (Å²) in [4.78, 5) is 17.1. The molecule has 0 aromatic heterocycles. The van der Waals surface area contributed by atoms with Crippen LogP contribution in [0.5, 0.6) is 0 Å². The lowest BCUT2D eigenvalue weighted by molar-refractivity contribution is -0.121. The number of nitrogens with zero attached hydrogens (tertiary/aromatic N) is 2. The summed E-state index contributed by atoms with van der Waals surface area (Å²) in [7, 11) is 0. The molecule has 2 saturated heterocycles. The van der Waals surface area contributed by atoms with E-state index in [9.17, 15) is 4.79 Å². The Kier molecular flexibility index (Phi) is 4.50. The SMILES string of the molecule is N[C@@H]1CN(C2CCN(c3cccc(Cl)c3)C2=O)C[C@H]1c1ccccc1. The van der Waals surface area contributed by atoms with Gasteiger partial charge in [0.25, 0.3) is 0 Å². The normalized spacial score (nSPS) is 27.2. The molecule has 2 aliphatic rings. The largest absolute Gasteiger partial charge is 0.326 e. The molecule has 25 heavy (non-hydrogen) atoms. The van der Waals surface area contributed by atoms with Crippen LogP contribution in [0.1, 0.15) is 17.9 Å². The Morgan fingerprint density at radius 1 is 1.04 bits per heavy atom. The minimum absolute atomic E-state index is 0.0652. The van der Waals surface area contributed by atoms with Gasteiger partial charge >= 0.3 is 0 Å². The standard InChI is InChI=1S/C20H22ClN3O/c21-15-7-4-8-16(11-15)24-10-9-19(20(24)25)23-12-17(18(22)13-23)14-5-2-1-3-6-14/h1-8,11,17-19H,9-10,12-13,22H2/t17-,18+,19?/m0/s1. The molecule has 5 heteroatoms. The molecule has 0 radical (unpaired) electrons. The summed E-state index contributed by atoms with van der Waals surface area (Å²) >= 11 is 6.08. The number of hydrogen-bond donors (Lipinski definition) is 1. The van der Waals surface area contributed by atoms with Crippen LogP contribution in [0.25, 0.3) is 0 Å².